The minimum atomic E-state index is -3.53. The van der Waals surface area contributed by atoms with Gasteiger partial charge in [0.2, 0.25) is 10.0 Å². The average molecular weight is 524 g/mol. The lowest BCUT2D eigenvalue weighted by atomic mass is 10.0. The van der Waals surface area contributed by atoms with Crippen LogP contribution in [0.15, 0.2) is 28.1 Å². The highest BCUT2D eigenvalue weighted by molar-refractivity contribution is 14.0. The molecule has 0 saturated carbocycles. The number of aryl methyl sites for hydroxylation is 2. The first kappa shape index (κ1) is 25.1. The average Bonchev–Trinajstić information content (AvgIpc) is 3.05. The fourth-order valence-corrected chi connectivity index (χ4v) is 4.35. The molecule has 1 aromatic carbocycles. The first-order valence-corrected chi connectivity index (χ1v) is 11.0. The van der Waals surface area contributed by atoms with Crippen LogP contribution in [0, 0.1) is 13.8 Å². The van der Waals surface area contributed by atoms with Crippen LogP contribution in [0.25, 0.3) is 0 Å². The van der Waals surface area contributed by atoms with E-state index in [9.17, 15) is 8.42 Å². The van der Waals surface area contributed by atoms with Gasteiger partial charge in [-0.3, -0.25) is 4.99 Å². The predicted molar refractivity (Wildman–Crippen MR) is 124 cm³/mol. The van der Waals surface area contributed by atoms with E-state index in [0.717, 1.165) is 37.1 Å². The van der Waals surface area contributed by atoms with Gasteiger partial charge in [0.05, 0.1) is 17.0 Å². The van der Waals surface area contributed by atoms with Gasteiger partial charge in [0.25, 0.3) is 0 Å². The number of hydrogen-bond acceptors (Lipinski definition) is 4. The summed E-state index contributed by atoms with van der Waals surface area (Å²) in [5, 5.41) is 6.34. The Balaban J connectivity index is 0.00000392. The highest BCUT2D eigenvalue weighted by Crippen LogP contribution is 2.25. The van der Waals surface area contributed by atoms with E-state index in [2.05, 4.69) is 27.3 Å². The minimum Gasteiger partial charge on any atom is -0.373 e. The molecule has 1 saturated heterocycles. The van der Waals surface area contributed by atoms with Crippen LogP contribution in [-0.2, 0) is 14.8 Å². The van der Waals surface area contributed by atoms with Gasteiger partial charge < -0.3 is 15.4 Å². The summed E-state index contributed by atoms with van der Waals surface area (Å²) < 4.78 is 33.4. The van der Waals surface area contributed by atoms with Crippen LogP contribution < -0.4 is 15.4 Å². The van der Waals surface area contributed by atoms with E-state index in [1.165, 1.54) is 0 Å². The van der Waals surface area contributed by atoms with Crippen molar-refractivity contribution in [3.63, 3.8) is 0 Å². The summed E-state index contributed by atoms with van der Waals surface area (Å²) in [5.41, 5.74) is 1.45. The van der Waals surface area contributed by atoms with Gasteiger partial charge in [-0.15, -0.1) is 24.0 Å². The Morgan fingerprint density at radius 3 is 2.64 bits per heavy atom. The summed E-state index contributed by atoms with van der Waals surface area (Å²) in [6.07, 6.45) is 2.07. The molecule has 28 heavy (non-hydrogen) atoms. The molecule has 0 radical (unpaired) electrons. The fraction of sp³-hybridized carbons (Fsp3) is 0.632. The molecule has 1 aliphatic heterocycles. The molecular formula is C19H33IN4O3S. The maximum atomic E-state index is 12.5. The van der Waals surface area contributed by atoms with Crippen molar-refractivity contribution in [2.24, 2.45) is 4.99 Å². The van der Waals surface area contributed by atoms with Crippen molar-refractivity contribution in [1.29, 1.82) is 0 Å². The van der Waals surface area contributed by atoms with Crippen molar-refractivity contribution in [3.8, 4) is 0 Å². The van der Waals surface area contributed by atoms with Gasteiger partial charge in [-0.25, -0.2) is 13.1 Å². The molecule has 0 spiro atoms. The van der Waals surface area contributed by atoms with Crippen LogP contribution in [0.3, 0.4) is 0 Å². The summed E-state index contributed by atoms with van der Waals surface area (Å²) >= 11 is 0. The topological polar surface area (TPSA) is 91.8 Å². The molecule has 0 bridgehead atoms. The molecule has 2 rings (SSSR count). The third-order valence-corrected chi connectivity index (χ3v) is 6.16. The number of guanidine groups is 1. The Bertz CT molecular complexity index is 762. The Hall–Kier alpha value is -0.910. The molecule has 1 atom stereocenters. The van der Waals surface area contributed by atoms with E-state index in [4.69, 9.17) is 4.74 Å². The van der Waals surface area contributed by atoms with Crippen molar-refractivity contribution < 1.29 is 13.2 Å². The minimum absolute atomic E-state index is 0. The summed E-state index contributed by atoms with van der Waals surface area (Å²) in [7, 11) is -3.53. The van der Waals surface area contributed by atoms with E-state index in [1.54, 1.807) is 13.0 Å². The molecule has 0 aliphatic carbocycles. The Kier molecular flexibility index (Phi) is 10.2. The van der Waals surface area contributed by atoms with Crippen LogP contribution in [0.2, 0.25) is 0 Å². The molecule has 0 amide bonds. The monoisotopic (exact) mass is 524 g/mol. The molecule has 9 heteroatoms. The summed E-state index contributed by atoms with van der Waals surface area (Å²) in [6, 6.07) is 5.42. The predicted octanol–water partition coefficient (Wildman–Crippen LogP) is 2.32. The number of ether oxygens (including phenoxy) is 1. The smallest absolute Gasteiger partial charge is 0.240 e. The SMILES string of the molecule is CCNC(=NCC1(C)CCCO1)NCCNS(=O)(=O)c1cc(C)ccc1C.I. The second kappa shape index (κ2) is 11.3. The van der Waals surface area contributed by atoms with E-state index in [-0.39, 0.29) is 36.1 Å². The van der Waals surface area contributed by atoms with Gasteiger partial charge in [-0.1, -0.05) is 12.1 Å². The van der Waals surface area contributed by atoms with E-state index >= 15 is 0 Å². The van der Waals surface area contributed by atoms with Gasteiger partial charge in [0.15, 0.2) is 5.96 Å². The number of sulfonamides is 1. The Morgan fingerprint density at radius 2 is 2.00 bits per heavy atom. The molecule has 3 N–H and O–H groups in total. The van der Waals surface area contributed by atoms with E-state index < -0.39 is 10.0 Å². The highest BCUT2D eigenvalue weighted by Gasteiger charge is 2.29. The Labute approximate surface area is 186 Å². The maximum Gasteiger partial charge on any atom is 0.240 e. The van der Waals surface area contributed by atoms with Crippen LogP contribution in [0.1, 0.15) is 37.8 Å². The second-order valence-corrected chi connectivity index (χ2v) is 8.93. The number of rotatable bonds is 8. The van der Waals surface area contributed by atoms with Gasteiger partial charge in [0, 0.05) is 26.2 Å². The third kappa shape index (κ3) is 7.49. The molecule has 0 aromatic heterocycles. The third-order valence-electron chi connectivity index (χ3n) is 4.56. The standard InChI is InChI=1S/C19H32N4O3S.HI/c1-5-20-18(22-14-19(4)9-6-12-26-19)21-10-11-23-27(24,25)17-13-15(2)7-8-16(17)3;/h7-8,13,23H,5-6,9-12,14H2,1-4H3,(H2,20,21,22);1H. The molecular weight excluding hydrogens is 491 g/mol. The molecule has 1 aromatic rings. The number of benzene rings is 1. The summed E-state index contributed by atoms with van der Waals surface area (Å²) in [4.78, 5) is 4.91. The lowest BCUT2D eigenvalue weighted by Gasteiger charge is -2.21. The fourth-order valence-electron chi connectivity index (χ4n) is 2.99. The molecule has 7 nitrogen and oxygen atoms in total. The number of nitrogens with one attached hydrogen (secondary N) is 3. The Morgan fingerprint density at radius 1 is 1.25 bits per heavy atom. The largest absolute Gasteiger partial charge is 0.373 e. The highest BCUT2D eigenvalue weighted by atomic mass is 127. The van der Waals surface area contributed by atoms with Crippen molar-refractivity contribution in [2.45, 2.75) is 51.0 Å². The zero-order valence-electron chi connectivity index (χ0n) is 17.2. The van der Waals surface area contributed by atoms with Crippen molar-refractivity contribution >= 4 is 40.0 Å². The van der Waals surface area contributed by atoms with Crippen LogP contribution >= 0.6 is 24.0 Å². The molecule has 160 valence electrons. The molecule has 1 aliphatic rings. The van der Waals surface area contributed by atoms with E-state index in [0.29, 0.717) is 23.9 Å². The quantitative estimate of drug-likeness (QED) is 0.210. The van der Waals surface area contributed by atoms with Gasteiger partial charge >= 0.3 is 0 Å². The number of hydrogen-bond donors (Lipinski definition) is 3. The first-order valence-electron chi connectivity index (χ1n) is 9.49. The number of nitrogens with zero attached hydrogens (tertiary/aromatic N) is 1. The van der Waals surface area contributed by atoms with Crippen LogP contribution in [-0.4, -0.2) is 52.8 Å². The maximum absolute atomic E-state index is 12.5. The molecule has 1 unspecified atom stereocenters. The lowest BCUT2D eigenvalue weighted by molar-refractivity contribution is 0.0283. The molecule has 1 heterocycles. The van der Waals surface area contributed by atoms with Gasteiger partial charge in [-0.2, -0.15) is 0 Å². The van der Waals surface area contributed by atoms with Crippen LogP contribution in [0.5, 0.6) is 0 Å². The normalized spacial score (nSPS) is 19.9. The summed E-state index contributed by atoms with van der Waals surface area (Å²) in [5.74, 6) is 0.667. The number of halogens is 1. The zero-order valence-corrected chi connectivity index (χ0v) is 20.3. The second-order valence-electron chi connectivity index (χ2n) is 7.19. The zero-order chi connectivity index (χ0) is 19.9. The van der Waals surface area contributed by atoms with Crippen LogP contribution in [0.4, 0.5) is 0 Å². The van der Waals surface area contributed by atoms with E-state index in [1.807, 2.05) is 26.0 Å². The molecule has 1 fully saturated rings. The van der Waals surface area contributed by atoms with Gasteiger partial charge in [-0.05, 0) is 57.7 Å². The first-order chi connectivity index (χ1) is 12.8. The van der Waals surface area contributed by atoms with Crippen molar-refractivity contribution in [1.82, 2.24) is 15.4 Å². The lowest BCUT2D eigenvalue weighted by Crippen LogP contribution is -2.42. The number of aliphatic imine (C=N–C) groups is 1. The van der Waals surface area contributed by atoms with Gasteiger partial charge in [0.1, 0.15) is 0 Å². The van der Waals surface area contributed by atoms with Crippen molar-refractivity contribution in [2.75, 3.05) is 32.8 Å². The van der Waals surface area contributed by atoms with Crippen molar-refractivity contribution in [3.05, 3.63) is 29.3 Å². The summed E-state index contributed by atoms with van der Waals surface area (Å²) in [6.45, 7) is 10.6.